The summed E-state index contributed by atoms with van der Waals surface area (Å²) in [6.45, 7) is 4.29. The average Bonchev–Trinajstić information content (AvgIpc) is 2.61. The summed E-state index contributed by atoms with van der Waals surface area (Å²) in [5.41, 5.74) is 0. The summed E-state index contributed by atoms with van der Waals surface area (Å²) < 4.78 is 5.45. The van der Waals surface area contributed by atoms with Crippen LogP contribution in [0.2, 0.25) is 0 Å². The Morgan fingerprint density at radius 2 is 2.00 bits per heavy atom. The van der Waals surface area contributed by atoms with Crippen molar-refractivity contribution in [3.8, 4) is 0 Å². The standard InChI is InChI=1S/C11H19NO3/c1-10-3-4-11(15-10)9-12(6-8-14)5-2-7-13/h3-4,13-14H,2,5-9H2,1H3. The van der Waals surface area contributed by atoms with Crippen molar-refractivity contribution < 1.29 is 14.6 Å². The van der Waals surface area contributed by atoms with Gasteiger partial charge in [0.2, 0.25) is 0 Å². The zero-order valence-electron chi connectivity index (χ0n) is 9.15. The molecule has 0 atom stereocenters. The summed E-state index contributed by atoms with van der Waals surface area (Å²) in [5.74, 6) is 1.80. The number of hydrogen-bond donors (Lipinski definition) is 2. The Kier molecular flexibility index (Phi) is 5.39. The molecule has 1 heterocycles. The predicted octanol–water partition coefficient (Wildman–Crippen LogP) is 0.765. The smallest absolute Gasteiger partial charge is 0.118 e. The van der Waals surface area contributed by atoms with E-state index in [2.05, 4.69) is 4.90 Å². The molecule has 0 saturated carbocycles. The van der Waals surface area contributed by atoms with Gasteiger partial charge in [0.05, 0.1) is 13.2 Å². The topological polar surface area (TPSA) is 56.8 Å². The molecule has 15 heavy (non-hydrogen) atoms. The molecule has 0 aromatic carbocycles. The Bertz CT molecular complexity index is 273. The monoisotopic (exact) mass is 213 g/mol. The van der Waals surface area contributed by atoms with E-state index in [0.29, 0.717) is 13.1 Å². The van der Waals surface area contributed by atoms with Gasteiger partial charge in [-0.1, -0.05) is 0 Å². The van der Waals surface area contributed by atoms with Gasteiger partial charge in [-0.05, 0) is 25.5 Å². The number of hydrogen-bond acceptors (Lipinski definition) is 4. The molecule has 0 amide bonds. The van der Waals surface area contributed by atoms with Crippen molar-refractivity contribution in [3.63, 3.8) is 0 Å². The van der Waals surface area contributed by atoms with Gasteiger partial charge in [-0.15, -0.1) is 0 Å². The molecule has 1 aromatic heterocycles. The molecule has 0 bridgehead atoms. The van der Waals surface area contributed by atoms with E-state index < -0.39 is 0 Å². The van der Waals surface area contributed by atoms with E-state index >= 15 is 0 Å². The predicted molar refractivity (Wildman–Crippen MR) is 57.5 cm³/mol. The highest BCUT2D eigenvalue weighted by Gasteiger charge is 2.07. The summed E-state index contributed by atoms with van der Waals surface area (Å²) in [5, 5.41) is 17.6. The highest BCUT2D eigenvalue weighted by Crippen LogP contribution is 2.09. The van der Waals surface area contributed by atoms with Crippen LogP contribution < -0.4 is 0 Å². The Morgan fingerprint density at radius 1 is 1.20 bits per heavy atom. The van der Waals surface area contributed by atoms with Crippen LogP contribution in [0.5, 0.6) is 0 Å². The van der Waals surface area contributed by atoms with E-state index in [1.807, 2.05) is 19.1 Å². The van der Waals surface area contributed by atoms with Crippen LogP contribution in [0.25, 0.3) is 0 Å². The fourth-order valence-corrected chi connectivity index (χ4v) is 1.50. The summed E-state index contributed by atoms with van der Waals surface area (Å²) in [6, 6.07) is 3.87. The number of furan rings is 1. The molecular weight excluding hydrogens is 194 g/mol. The number of nitrogens with zero attached hydrogens (tertiary/aromatic N) is 1. The van der Waals surface area contributed by atoms with Gasteiger partial charge in [0.25, 0.3) is 0 Å². The fraction of sp³-hybridized carbons (Fsp3) is 0.636. The molecule has 4 heteroatoms. The molecule has 0 radical (unpaired) electrons. The third-order valence-corrected chi connectivity index (χ3v) is 2.22. The third kappa shape index (κ3) is 4.46. The zero-order chi connectivity index (χ0) is 11.1. The molecule has 0 saturated heterocycles. The molecule has 0 unspecified atom stereocenters. The largest absolute Gasteiger partial charge is 0.465 e. The maximum absolute atomic E-state index is 8.88. The Balaban J connectivity index is 2.42. The lowest BCUT2D eigenvalue weighted by molar-refractivity contribution is 0.165. The lowest BCUT2D eigenvalue weighted by Crippen LogP contribution is -2.27. The van der Waals surface area contributed by atoms with E-state index in [4.69, 9.17) is 14.6 Å². The molecule has 86 valence electrons. The van der Waals surface area contributed by atoms with Crippen molar-refractivity contribution in [1.82, 2.24) is 4.90 Å². The van der Waals surface area contributed by atoms with Crippen molar-refractivity contribution in [2.24, 2.45) is 0 Å². The van der Waals surface area contributed by atoms with E-state index in [9.17, 15) is 0 Å². The fourth-order valence-electron chi connectivity index (χ4n) is 1.50. The zero-order valence-corrected chi connectivity index (χ0v) is 9.15. The molecule has 0 fully saturated rings. The number of aliphatic hydroxyl groups is 2. The van der Waals surface area contributed by atoms with Crippen LogP contribution in [0, 0.1) is 6.92 Å². The number of rotatable bonds is 7. The Labute approximate surface area is 90.1 Å². The van der Waals surface area contributed by atoms with E-state index in [1.165, 1.54) is 0 Å². The van der Waals surface area contributed by atoms with Crippen LogP contribution in [0.3, 0.4) is 0 Å². The minimum atomic E-state index is 0.130. The molecule has 0 spiro atoms. The van der Waals surface area contributed by atoms with Gasteiger partial charge in [-0.25, -0.2) is 0 Å². The van der Waals surface area contributed by atoms with Crippen molar-refractivity contribution in [1.29, 1.82) is 0 Å². The first-order valence-corrected chi connectivity index (χ1v) is 5.25. The van der Waals surface area contributed by atoms with E-state index in [-0.39, 0.29) is 13.2 Å². The molecule has 1 aromatic rings. The second-order valence-corrected chi connectivity index (χ2v) is 3.59. The molecular formula is C11H19NO3. The number of aryl methyl sites for hydroxylation is 1. The van der Waals surface area contributed by atoms with Gasteiger partial charge in [-0.3, -0.25) is 4.90 Å². The first kappa shape index (κ1) is 12.2. The van der Waals surface area contributed by atoms with Crippen LogP contribution in [-0.4, -0.2) is 41.4 Å². The van der Waals surface area contributed by atoms with Crippen molar-refractivity contribution in [3.05, 3.63) is 23.7 Å². The highest BCUT2D eigenvalue weighted by molar-refractivity contribution is 5.05. The van der Waals surface area contributed by atoms with Crippen LogP contribution in [0.15, 0.2) is 16.5 Å². The maximum atomic E-state index is 8.88. The van der Waals surface area contributed by atoms with Crippen molar-refractivity contribution in [2.75, 3.05) is 26.3 Å². The average molecular weight is 213 g/mol. The molecule has 0 aliphatic rings. The quantitative estimate of drug-likeness (QED) is 0.702. The second kappa shape index (κ2) is 6.61. The minimum Gasteiger partial charge on any atom is -0.465 e. The van der Waals surface area contributed by atoms with Gasteiger partial charge in [0.15, 0.2) is 0 Å². The van der Waals surface area contributed by atoms with Crippen LogP contribution in [0.4, 0.5) is 0 Å². The molecule has 2 N–H and O–H groups in total. The first-order valence-electron chi connectivity index (χ1n) is 5.25. The van der Waals surface area contributed by atoms with Gasteiger partial charge in [-0.2, -0.15) is 0 Å². The van der Waals surface area contributed by atoms with E-state index in [0.717, 1.165) is 24.5 Å². The first-order chi connectivity index (χ1) is 7.26. The lowest BCUT2D eigenvalue weighted by Gasteiger charge is -2.19. The molecule has 4 nitrogen and oxygen atoms in total. The summed E-state index contributed by atoms with van der Waals surface area (Å²) in [4.78, 5) is 2.06. The van der Waals surface area contributed by atoms with Gasteiger partial charge >= 0.3 is 0 Å². The minimum absolute atomic E-state index is 0.130. The summed E-state index contributed by atoms with van der Waals surface area (Å²) in [7, 11) is 0. The second-order valence-electron chi connectivity index (χ2n) is 3.59. The van der Waals surface area contributed by atoms with Crippen LogP contribution in [0.1, 0.15) is 17.9 Å². The SMILES string of the molecule is Cc1ccc(CN(CCO)CCCO)o1. The molecule has 0 aliphatic carbocycles. The van der Waals surface area contributed by atoms with E-state index in [1.54, 1.807) is 0 Å². The lowest BCUT2D eigenvalue weighted by atomic mass is 10.3. The van der Waals surface area contributed by atoms with Crippen molar-refractivity contribution >= 4 is 0 Å². The molecule has 0 aliphatic heterocycles. The highest BCUT2D eigenvalue weighted by atomic mass is 16.3. The molecule has 1 rings (SSSR count). The Morgan fingerprint density at radius 3 is 2.53 bits per heavy atom. The normalized spacial score (nSPS) is 11.2. The van der Waals surface area contributed by atoms with Gasteiger partial charge < -0.3 is 14.6 Å². The Hall–Kier alpha value is -0.840. The summed E-state index contributed by atoms with van der Waals surface area (Å²) in [6.07, 6.45) is 0.722. The van der Waals surface area contributed by atoms with Crippen molar-refractivity contribution in [2.45, 2.75) is 19.9 Å². The van der Waals surface area contributed by atoms with Crippen LogP contribution in [-0.2, 0) is 6.54 Å². The van der Waals surface area contributed by atoms with Gasteiger partial charge in [0.1, 0.15) is 11.5 Å². The number of aliphatic hydroxyl groups excluding tert-OH is 2. The summed E-state index contributed by atoms with van der Waals surface area (Å²) >= 11 is 0. The maximum Gasteiger partial charge on any atom is 0.118 e. The third-order valence-electron chi connectivity index (χ3n) is 2.22. The van der Waals surface area contributed by atoms with Gasteiger partial charge in [0, 0.05) is 19.7 Å². The van der Waals surface area contributed by atoms with Crippen LogP contribution >= 0.6 is 0 Å².